The Kier molecular flexibility index (Phi) is 5.98. The summed E-state index contributed by atoms with van der Waals surface area (Å²) in [7, 11) is 0. The Morgan fingerprint density at radius 2 is 2.20 bits per heavy atom. The summed E-state index contributed by atoms with van der Waals surface area (Å²) >= 11 is 4.10. The van der Waals surface area contributed by atoms with E-state index in [1.807, 2.05) is 6.26 Å². The number of aromatic nitrogens is 2. The summed E-state index contributed by atoms with van der Waals surface area (Å²) in [6.45, 7) is 2.01. The molecule has 9 heteroatoms. The predicted molar refractivity (Wildman–Crippen MR) is 98.8 cm³/mol. The monoisotopic (exact) mass is 398 g/mol. The van der Waals surface area contributed by atoms with Crippen LogP contribution in [0.3, 0.4) is 0 Å². The van der Waals surface area contributed by atoms with Crippen molar-refractivity contribution in [1.29, 1.82) is 0 Å². The van der Waals surface area contributed by atoms with Crippen LogP contribution in [0.5, 0.6) is 0 Å². The van der Waals surface area contributed by atoms with Crippen molar-refractivity contribution in [3.05, 3.63) is 40.3 Å². The molecule has 0 aliphatic rings. The molecule has 0 N–H and O–H groups in total. The van der Waals surface area contributed by atoms with Crippen LogP contribution in [0.15, 0.2) is 27.8 Å². The molecule has 0 radical (unpaired) electrons. The van der Waals surface area contributed by atoms with Crippen LogP contribution in [0.2, 0.25) is 0 Å². The van der Waals surface area contributed by atoms with E-state index in [4.69, 9.17) is 9.15 Å². The van der Waals surface area contributed by atoms with Crippen molar-refractivity contribution in [2.75, 3.05) is 12.9 Å². The summed E-state index contributed by atoms with van der Waals surface area (Å²) in [4.78, 5) is 12.7. The number of rotatable bonds is 7. The summed E-state index contributed by atoms with van der Waals surface area (Å²) in [5.74, 6) is 0.732. The molecule has 0 saturated heterocycles. The van der Waals surface area contributed by atoms with Crippen molar-refractivity contribution in [1.82, 2.24) is 10.2 Å². The maximum absolute atomic E-state index is 14.3. The Bertz CT molecular complexity index is 894. The number of nitrogens with zero attached hydrogens (tertiary/aromatic N) is 2. The van der Waals surface area contributed by atoms with Crippen LogP contribution >= 0.6 is 34.9 Å². The predicted octanol–water partition coefficient (Wildman–Crippen LogP) is 4.76. The zero-order valence-corrected chi connectivity index (χ0v) is 16.0. The van der Waals surface area contributed by atoms with E-state index < -0.39 is 5.97 Å². The number of halogens is 1. The quantitative estimate of drug-likeness (QED) is 0.420. The fraction of sp³-hybridized carbons (Fsp3) is 0.312. The molecule has 0 saturated carbocycles. The first-order valence-electron chi connectivity index (χ1n) is 7.45. The van der Waals surface area contributed by atoms with Crippen molar-refractivity contribution in [2.45, 2.75) is 23.7 Å². The molecule has 1 aromatic carbocycles. The SMILES string of the molecule is CCOC(=O)c1sc2cccc(F)c2c1CSc1nnc(CSC)o1. The Labute approximate surface area is 156 Å². The molecule has 2 heterocycles. The minimum atomic E-state index is -0.438. The summed E-state index contributed by atoms with van der Waals surface area (Å²) in [6.07, 6.45) is 1.95. The Morgan fingerprint density at radius 3 is 2.96 bits per heavy atom. The first kappa shape index (κ1) is 18.2. The summed E-state index contributed by atoms with van der Waals surface area (Å²) in [5.41, 5.74) is 0.603. The van der Waals surface area contributed by atoms with E-state index in [0.717, 1.165) is 0 Å². The van der Waals surface area contributed by atoms with Gasteiger partial charge >= 0.3 is 5.97 Å². The topological polar surface area (TPSA) is 65.2 Å². The van der Waals surface area contributed by atoms with Gasteiger partial charge in [-0.1, -0.05) is 17.8 Å². The van der Waals surface area contributed by atoms with Gasteiger partial charge in [0.2, 0.25) is 5.89 Å². The van der Waals surface area contributed by atoms with E-state index >= 15 is 0 Å². The average Bonchev–Trinajstić information content (AvgIpc) is 3.18. The molecule has 5 nitrogen and oxygen atoms in total. The van der Waals surface area contributed by atoms with E-state index in [9.17, 15) is 9.18 Å². The van der Waals surface area contributed by atoms with Gasteiger partial charge in [0.25, 0.3) is 5.22 Å². The molecule has 3 aromatic rings. The molecule has 0 atom stereocenters. The molecular formula is C16H15FN2O3S3. The van der Waals surface area contributed by atoms with Gasteiger partial charge in [-0.2, -0.15) is 11.8 Å². The standard InChI is InChI=1S/C16H15FN2O3S3/c1-3-21-15(20)14-9(13-10(17)5-4-6-11(13)25-14)7-24-16-19-18-12(22-16)8-23-2/h4-6H,3,7-8H2,1-2H3. The Balaban J connectivity index is 1.92. The maximum atomic E-state index is 14.3. The minimum absolute atomic E-state index is 0.268. The van der Waals surface area contributed by atoms with Gasteiger partial charge in [-0.05, 0) is 30.9 Å². The van der Waals surface area contributed by atoms with Crippen molar-refractivity contribution in [3.63, 3.8) is 0 Å². The molecule has 25 heavy (non-hydrogen) atoms. The summed E-state index contributed by atoms with van der Waals surface area (Å²) in [6, 6.07) is 4.82. The second-order valence-electron chi connectivity index (χ2n) is 4.93. The summed E-state index contributed by atoms with van der Waals surface area (Å²) in [5, 5.41) is 8.77. The zero-order valence-electron chi connectivity index (χ0n) is 13.6. The van der Waals surface area contributed by atoms with Gasteiger partial charge in [-0.3, -0.25) is 0 Å². The molecule has 0 spiro atoms. The highest BCUT2D eigenvalue weighted by molar-refractivity contribution is 7.98. The van der Waals surface area contributed by atoms with Crippen LogP contribution < -0.4 is 0 Å². The molecule has 0 fully saturated rings. The molecule has 132 valence electrons. The van der Waals surface area contributed by atoms with Crippen LogP contribution in [-0.4, -0.2) is 29.0 Å². The van der Waals surface area contributed by atoms with E-state index in [-0.39, 0.29) is 12.4 Å². The van der Waals surface area contributed by atoms with Crippen molar-refractivity contribution in [2.24, 2.45) is 0 Å². The van der Waals surface area contributed by atoms with Crippen LogP contribution in [0.1, 0.15) is 28.0 Å². The number of benzene rings is 1. The molecule has 0 bridgehead atoms. The smallest absolute Gasteiger partial charge is 0.348 e. The minimum Gasteiger partial charge on any atom is -0.462 e. The van der Waals surface area contributed by atoms with E-state index in [1.54, 1.807) is 30.8 Å². The number of fused-ring (bicyclic) bond motifs is 1. The van der Waals surface area contributed by atoms with E-state index in [2.05, 4.69) is 10.2 Å². The Morgan fingerprint density at radius 1 is 1.36 bits per heavy atom. The lowest BCUT2D eigenvalue weighted by atomic mass is 10.1. The first-order valence-corrected chi connectivity index (χ1v) is 10.6. The van der Waals surface area contributed by atoms with Crippen LogP contribution in [0.25, 0.3) is 10.1 Å². The third kappa shape index (κ3) is 3.99. The molecular weight excluding hydrogens is 383 g/mol. The number of carbonyl (C=O) groups is 1. The fourth-order valence-electron chi connectivity index (χ4n) is 2.28. The Hall–Kier alpha value is -1.58. The van der Waals surface area contributed by atoms with Crippen molar-refractivity contribution < 1.29 is 18.3 Å². The fourth-order valence-corrected chi connectivity index (χ4v) is 4.67. The molecule has 0 unspecified atom stereocenters. The van der Waals surface area contributed by atoms with Gasteiger partial charge in [0.15, 0.2) is 0 Å². The lowest BCUT2D eigenvalue weighted by molar-refractivity contribution is 0.0531. The number of ether oxygens (including phenoxy) is 1. The van der Waals surface area contributed by atoms with Crippen LogP contribution in [0, 0.1) is 5.82 Å². The highest BCUT2D eigenvalue weighted by Crippen LogP contribution is 2.37. The number of esters is 1. The van der Waals surface area contributed by atoms with Crippen molar-refractivity contribution >= 4 is 50.9 Å². The van der Waals surface area contributed by atoms with E-state index in [0.29, 0.717) is 43.1 Å². The highest BCUT2D eigenvalue weighted by Gasteiger charge is 2.22. The summed E-state index contributed by atoms with van der Waals surface area (Å²) < 4.78 is 25.7. The normalized spacial score (nSPS) is 11.2. The highest BCUT2D eigenvalue weighted by atomic mass is 32.2. The van der Waals surface area contributed by atoms with Crippen molar-refractivity contribution in [3.8, 4) is 0 Å². The van der Waals surface area contributed by atoms with Gasteiger partial charge in [-0.15, -0.1) is 21.5 Å². The second-order valence-corrected chi connectivity index (χ2v) is 7.77. The third-order valence-electron chi connectivity index (χ3n) is 3.28. The van der Waals surface area contributed by atoms with Crippen LogP contribution in [0.4, 0.5) is 4.39 Å². The number of thioether (sulfide) groups is 2. The first-order chi connectivity index (χ1) is 12.1. The number of hydrogen-bond acceptors (Lipinski definition) is 8. The third-order valence-corrected chi connectivity index (χ3v) is 5.84. The molecule has 2 aromatic heterocycles. The molecule has 0 aliphatic heterocycles. The number of carbonyl (C=O) groups excluding carboxylic acids is 1. The zero-order chi connectivity index (χ0) is 17.8. The number of thiophene rings is 1. The van der Waals surface area contributed by atoms with Crippen LogP contribution in [-0.2, 0) is 16.2 Å². The lowest BCUT2D eigenvalue weighted by Gasteiger charge is -2.03. The largest absolute Gasteiger partial charge is 0.462 e. The second kappa shape index (κ2) is 8.20. The average molecular weight is 399 g/mol. The van der Waals surface area contributed by atoms with Gasteiger partial charge in [0, 0.05) is 15.8 Å². The molecule has 3 rings (SSSR count). The van der Waals surface area contributed by atoms with Gasteiger partial charge in [-0.25, -0.2) is 9.18 Å². The molecule has 0 amide bonds. The van der Waals surface area contributed by atoms with Gasteiger partial charge < -0.3 is 9.15 Å². The van der Waals surface area contributed by atoms with Gasteiger partial charge in [0.1, 0.15) is 10.7 Å². The van der Waals surface area contributed by atoms with Gasteiger partial charge in [0.05, 0.1) is 12.4 Å². The molecule has 0 aliphatic carbocycles. The number of hydrogen-bond donors (Lipinski definition) is 0. The lowest BCUT2D eigenvalue weighted by Crippen LogP contribution is -2.05. The maximum Gasteiger partial charge on any atom is 0.348 e. The van der Waals surface area contributed by atoms with E-state index in [1.165, 1.54) is 29.2 Å².